The summed E-state index contributed by atoms with van der Waals surface area (Å²) in [5.74, 6) is -0.0356. The second-order valence-electron chi connectivity index (χ2n) is 6.04. The maximum Gasteiger partial charge on any atom is 0.241 e. The molecule has 0 fully saturated rings. The van der Waals surface area contributed by atoms with Crippen LogP contribution in [0.25, 0.3) is 0 Å². The van der Waals surface area contributed by atoms with Crippen LogP contribution in [0.4, 0.5) is 0 Å². The first kappa shape index (κ1) is 17.9. The lowest BCUT2D eigenvalue weighted by atomic mass is 9.98. The van der Waals surface area contributed by atoms with Crippen LogP contribution < -0.4 is 4.72 Å². The summed E-state index contributed by atoms with van der Waals surface area (Å²) in [6.07, 6.45) is 2.84. The van der Waals surface area contributed by atoms with Crippen LogP contribution in [0.2, 0.25) is 5.02 Å². The molecule has 4 nitrogen and oxygen atoms in total. The van der Waals surface area contributed by atoms with E-state index < -0.39 is 16.1 Å². The fourth-order valence-corrected chi connectivity index (χ4v) is 4.13. The fraction of sp³-hybridized carbons (Fsp3) is 0.211. The van der Waals surface area contributed by atoms with E-state index in [1.165, 1.54) is 0 Å². The molecule has 2 aromatic carbocycles. The van der Waals surface area contributed by atoms with E-state index >= 15 is 0 Å². The van der Waals surface area contributed by atoms with Gasteiger partial charge in [-0.1, -0.05) is 47.5 Å². The van der Waals surface area contributed by atoms with Crippen molar-refractivity contribution in [1.82, 2.24) is 4.72 Å². The molecular weight excluding hydrogens is 358 g/mol. The topological polar surface area (TPSA) is 63.2 Å². The Morgan fingerprint density at radius 1 is 1.04 bits per heavy atom. The Hall–Kier alpha value is -1.95. The maximum absolute atomic E-state index is 12.8. The van der Waals surface area contributed by atoms with E-state index in [1.807, 2.05) is 6.92 Å². The van der Waals surface area contributed by atoms with Crippen molar-refractivity contribution in [3.05, 3.63) is 76.3 Å². The lowest BCUT2D eigenvalue weighted by Gasteiger charge is -2.20. The number of hydrogen-bond acceptors (Lipinski definition) is 3. The summed E-state index contributed by atoms with van der Waals surface area (Å²) in [5.41, 5.74) is 2.14. The van der Waals surface area contributed by atoms with Gasteiger partial charge in [-0.05, 0) is 43.2 Å². The second kappa shape index (κ2) is 7.12. The Morgan fingerprint density at radius 2 is 1.68 bits per heavy atom. The van der Waals surface area contributed by atoms with Crippen molar-refractivity contribution >= 4 is 27.4 Å². The van der Waals surface area contributed by atoms with Crippen molar-refractivity contribution in [2.75, 3.05) is 0 Å². The molecule has 0 amide bonds. The van der Waals surface area contributed by atoms with Gasteiger partial charge in [0.1, 0.15) is 0 Å². The van der Waals surface area contributed by atoms with Crippen LogP contribution in [-0.2, 0) is 14.8 Å². The van der Waals surface area contributed by atoms with E-state index in [-0.39, 0.29) is 10.7 Å². The highest BCUT2D eigenvalue weighted by Gasteiger charge is 2.29. The molecule has 0 saturated heterocycles. The van der Waals surface area contributed by atoms with E-state index in [1.54, 1.807) is 54.6 Å². The molecule has 0 spiro atoms. The number of carbonyl (C=O) groups excluding carboxylic acids is 1. The Morgan fingerprint density at radius 3 is 2.24 bits per heavy atom. The fourth-order valence-electron chi connectivity index (χ4n) is 2.80. The second-order valence-corrected chi connectivity index (χ2v) is 8.19. The number of sulfonamides is 1. The molecule has 1 unspecified atom stereocenters. The molecule has 1 N–H and O–H groups in total. The van der Waals surface area contributed by atoms with Crippen LogP contribution in [0.1, 0.15) is 30.0 Å². The molecule has 3 rings (SSSR count). The first-order valence-corrected chi connectivity index (χ1v) is 9.81. The first-order chi connectivity index (χ1) is 11.9. The Kier molecular flexibility index (Phi) is 5.08. The third-order valence-electron chi connectivity index (χ3n) is 4.18. The number of nitrogens with one attached hydrogen (secondary N) is 1. The predicted molar refractivity (Wildman–Crippen MR) is 98.0 cm³/mol. The van der Waals surface area contributed by atoms with Crippen LogP contribution in [0.5, 0.6) is 0 Å². The number of allylic oxidation sites excluding steroid dienone is 1. The van der Waals surface area contributed by atoms with Crippen molar-refractivity contribution in [1.29, 1.82) is 0 Å². The summed E-state index contributed by atoms with van der Waals surface area (Å²) < 4.78 is 28.2. The third kappa shape index (κ3) is 4.00. The summed E-state index contributed by atoms with van der Waals surface area (Å²) >= 11 is 5.93. The molecule has 1 aliphatic carbocycles. The van der Waals surface area contributed by atoms with Gasteiger partial charge in [0.2, 0.25) is 10.0 Å². The van der Waals surface area contributed by atoms with Gasteiger partial charge in [-0.2, -0.15) is 4.72 Å². The number of Topliss-reactive ketones (excluding diaryl/α,β-unsaturated/α-hetero) is 1. The summed E-state index contributed by atoms with van der Waals surface area (Å²) in [6.45, 7) is 1.89. The first-order valence-electron chi connectivity index (χ1n) is 7.94. The minimum atomic E-state index is -3.77. The Labute approximate surface area is 152 Å². The molecule has 0 aromatic heterocycles. The standard InChI is InChI=1S/C19H18ClNO3S/c1-13-5-11-16(12-6-13)25(23,24)21-19(17-3-2-4-18(17)22)14-7-9-15(20)10-8-14/h3,5-12,19,21H,2,4H2,1H3. The highest BCUT2D eigenvalue weighted by molar-refractivity contribution is 7.89. The summed E-state index contributed by atoms with van der Waals surface area (Å²) in [6, 6.07) is 12.7. The van der Waals surface area contributed by atoms with Crippen LogP contribution in [0.15, 0.2) is 65.1 Å². The van der Waals surface area contributed by atoms with E-state index in [0.29, 0.717) is 29.0 Å². The van der Waals surface area contributed by atoms with E-state index in [0.717, 1.165) is 5.56 Å². The van der Waals surface area contributed by atoms with Gasteiger partial charge in [-0.3, -0.25) is 4.79 Å². The van der Waals surface area contributed by atoms with E-state index in [9.17, 15) is 13.2 Å². The SMILES string of the molecule is Cc1ccc(S(=O)(=O)NC(C2=CCCC2=O)c2ccc(Cl)cc2)cc1. The molecule has 0 radical (unpaired) electrons. The molecule has 0 heterocycles. The average molecular weight is 376 g/mol. The van der Waals surface area contributed by atoms with Crippen molar-refractivity contribution < 1.29 is 13.2 Å². The van der Waals surface area contributed by atoms with Gasteiger partial charge < -0.3 is 0 Å². The molecule has 0 aliphatic heterocycles. The van der Waals surface area contributed by atoms with Gasteiger partial charge in [0.15, 0.2) is 5.78 Å². The Bertz CT molecular complexity index is 916. The number of ketones is 1. The highest BCUT2D eigenvalue weighted by atomic mass is 35.5. The van der Waals surface area contributed by atoms with Crippen LogP contribution in [0, 0.1) is 6.92 Å². The number of aryl methyl sites for hydroxylation is 1. The molecule has 25 heavy (non-hydrogen) atoms. The van der Waals surface area contributed by atoms with Gasteiger partial charge in [0.05, 0.1) is 10.9 Å². The van der Waals surface area contributed by atoms with Crippen molar-refractivity contribution in [3.63, 3.8) is 0 Å². The van der Waals surface area contributed by atoms with Gasteiger partial charge in [0, 0.05) is 17.0 Å². The lowest BCUT2D eigenvalue weighted by Crippen LogP contribution is -2.31. The molecule has 1 atom stereocenters. The number of carbonyl (C=O) groups is 1. The summed E-state index contributed by atoms with van der Waals surface area (Å²) in [5, 5.41) is 0.551. The highest BCUT2D eigenvalue weighted by Crippen LogP contribution is 2.30. The van der Waals surface area contributed by atoms with Gasteiger partial charge in [-0.25, -0.2) is 8.42 Å². The third-order valence-corrected chi connectivity index (χ3v) is 5.87. The number of benzene rings is 2. The van der Waals surface area contributed by atoms with Gasteiger partial charge in [-0.15, -0.1) is 0 Å². The predicted octanol–water partition coefficient (Wildman–Crippen LogP) is 3.96. The minimum absolute atomic E-state index is 0.0356. The maximum atomic E-state index is 12.8. The smallest absolute Gasteiger partial charge is 0.241 e. The molecule has 0 bridgehead atoms. The van der Waals surface area contributed by atoms with E-state index in [2.05, 4.69) is 4.72 Å². The van der Waals surface area contributed by atoms with Crippen molar-refractivity contribution in [3.8, 4) is 0 Å². The lowest BCUT2D eigenvalue weighted by molar-refractivity contribution is -0.115. The Balaban J connectivity index is 1.98. The van der Waals surface area contributed by atoms with Crippen LogP contribution in [-0.4, -0.2) is 14.2 Å². The number of halogens is 1. The number of hydrogen-bond donors (Lipinski definition) is 1. The summed E-state index contributed by atoms with van der Waals surface area (Å²) in [4.78, 5) is 12.4. The van der Waals surface area contributed by atoms with Crippen LogP contribution in [0.3, 0.4) is 0 Å². The van der Waals surface area contributed by atoms with Crippen molar-refractivity contribution in [2.24, 2.45) is 0 Å². The quantitative estimate of drug-likeness (QED) is 0.860. The monoisotopic (exact) mass is 375 g/mol. The molecule has 1 aliphatic rings. The normalized spacial score (nSPS) is 15.9. The molecular formula is C19H18ClNO3S. The largest absolute Gasteiger partial charge is 0.294 e. The zero-order valence-electron chi connectivity index (χ0n) is 13.7. The molecule has 0 saturated carbocycles. The van der Waals surface area contributed by atoms with E-state index in [4.69, 9.17) is 11.6 Å². The van der Waals surface area contributed by atoms with Crippen LogP contribution >= 0.6 is 11.6 Å². The van der Waals surface area contributed by atoms with Gasteiger partial charge in [0.25, 0.3) is 0 Å². The average Bonchev–Trinajstić information content (AvgIpc) is 3.00. The minimum Gasteiger partial charge on any atom is -0.294 e. The van der Waals surface area contributed by atoms with Gasteiger partial charge >= 0.3 is 0 Å². The summed E-state index contributed by atoms with van der Waals surface area (Å²) in [7, 11) is -3.77. The number of rotatable bonds is 5. The molecule has 2 aromatic rings. The molecule has 130 valence electrons. The zero-order valence-corrected chi connectivity index (χ0v) is 15.3. The zero-order chi connectivity index (χ0) is 18.0. The molecule has 6 heteroatoms. The van der Waals surface area contributed by atoms with Crippen molar-refractivity contribution in [2.45, 2.75) is 30.7 Å².